The summed E-state index contributed by atoms with van der Waals surface area (Å²) in [5, 5.41) is 12.1. The summed E-state index contributed by atoms with van der Waals surface area (Å²) in [6.45, 7) is 4.59. The summed E-state index contributed by atoms with van der Waals surface area (Å²) in [6.07, 6.45) is 0. The molecule has 0 saturated carbocycles. The van der Waals surface area contributed by atoms with Gasteiger partial charge in [-0.15, -0.1) is 0 Å². The van der Waals surface area contributed by atoms with Crippen LogP contribution in [0, 0.1) is 6.92 Å². The number of para-hydroxylation sites is 1. The third kappa shape index (κ3) is 4.24. The fourth-order valence-corrected chi connectivity index (χ4v) is 1.93. The maximum Gasteiger partial charge on any atom is 0.128 e. The fourth-order valence-electron chi connectivity index (χ4n) is 1.93. The van der Waals surface area contributed by atoms with Crippen LogP contribution in [-0.4, -0.2) is 24.1 Å². The minimum atomic E-state index is 0.421. The molecule has 0 fully saturated rings. The van der Waals surface area contributed by atoms with Crippen molar-refractivity contribution in [1.82, 2.24) is 0 Å². The zero-order valence-corrected chi connectivity index (χ0v) is 12.2. The molecule has 2 aromatic carbocycles. The lowest BCUT2D eigenvalue weighted by Crippen LogP contribution is -2.11. The van der Waals surface area contributed by atoms with Crippen LogP contribution < -0.4 is 9.47 Å². The molecule has 0 aliphatic heterocycles. The number of hydrogen-bond acceptors (Lipinski definition) is 4. The van der Waals surface area contributed by atoms with Gasteiger partial charge < -0.3 is 14.7 Å². The van der Waals surface area contributed by atoms with Crippen molar-refractivity contribution in [2.75, 3.05) is 13.2 Å². The molecule has 0 bridgehead atoms. The third-order valence-electron chi connectivity index (χ3n) is 3.03. The van der Waals surface area contributed by atoms with Crippen molar-refractivity contribution in [2.24, 2.45) is 5.16 Å². The van der Waals surface area contributed by atoms with E-state index in [-0.39, 0.29) is 0 Å². The highest BCUT2D eigenvalue weighted by Crippen LogP contribution is 2.21. The number of hydrogen-bond donors (Lipinski definition) is 1. The molecule has 4 heteroatoms. The van der Waals surface area contributed by atoms with E-state index in [0.717, 1.165) is 16.9 Å². The Kier molecular flexibility index (Phi) is 5.21. The highest BCUT2D eigenvalue weighted by molar-refractivity contribution is 6.00. The van der Waals surface area contributed by atoms with E-state index in [1.54, 1.807) is 6.92 Å². The van der Waals surface area contributed by atoms with Gasteiger partial charge in [0, 0.05) is 5.56 Å². The summed E-state index contributed by atoms with van der Waals surface area (Å²) in [6, 6.07) is 15.4. The van der Waals surface area contributed by atoms with Crippen LogP contribution in [0.15, 0.2) is 53.7 Å². The topological polar surface area (TPSA) is 51.1 Å². The van der Waals surface area contributed by atoms with Gasteiger partial charge in [0.1, 0.15) is 24.7 Å². The van der Waals surface area contributed by atoms with Crippen LogP contribution in [-0.2, 0) is 0 Å². The van der Waals surface area contributed by atoms with Crippen molar-refractivity contribution >= 4 is 5.71 Å². The van der Waals surface area contributed by atoms with Gasteiger partial charge in [-0.25, -0.2) is 0 Å². The Balaban J connectivity index is 1.95. The Labute approximate surface area is 124 Å². The molecule has 0 heterocycles. The van der Waals surface area contributed by atoms with Crippen LogP contribution in [0.1, 0.15) is 18.1 Å². The summed E-state index contributed by atoms with van der Waals surface area (Å²) >= 11 is 0. The summed E-state index contributed by atoms with van der Waals surface area (Å²) in [5.74, 6) is 1.51. The maximum atomic E-state index is 8.91. The van der Waals surface area contributed by atoms with E-state index in [0.29, 0.717) is 24.7 Å². The quantitative estimate of drug-likeness (QED) is 0.381. The molecule has 110 valence electrons. The largest absolute Gasteiger partial charge is 0.490 e. The normalized spacial score (nSPS) is 11.2. The minimum absolute atomic E-state index is 0.421. The molecule has 0 radical (unpaired) electrons. The second kappa shape index (κ2) is 7.33. The Morgan fingerprint density at radius 1 is 1.05 bits per heavy atom. The van der Waals surface area contributed by atoms with Gasteiger partial charge in [-0.05, 0) is 43.7 Å². The highest BCUT2D eigenvalue weighted by atomic mass is 16.5. The van der Waals surface area contributed by atoms with E-state index >= 15 is 0 Å². The molecule has 1 N–H and O–H groups in total. The molecule has 4 nitrogen and oxygen atoms in total. The third-order valence-corrected chi connectivity index (χ3v) is 3.03. The van der Waals surface area contributed by atoms with E-state index in [9.17, 15) is 0 Å². The lowest BCUT2D eigenvalue weighted by molar-refractivity contribution is 0.216. The fraction of sp³-hybridized carbons (Fsp3) is 0.235. The van der Waals surface area contributed by atoms with E-state index in [2.05, 4.69) is 5.16 Å². The van der Waals surface area contributed by atoms with Crippen LogP contribution in [0.25, 0.3) is 0 Å². The Bertz CT molecular complexity index is 609. The molecule has 21 heavy (non-hydrogen) atoms. The van der Waals surface area contributed by atoms with Crippen molar-refractivity contribution in [2.45, 2.75) is 13.8 Å². The molecule has 0 aromatic heterocycles. The van der Waals surface area contributed by atoms with Crippen molar-refractivity contribution in [1.29, 1.82) is 0 Å². The molecule has 0 unspecified atom stereocenters. The monoisotopic (exact) mass is 285 g/mol. The highest BCUT2D eigenvalue weighted by Gasteiger charge is 2.08. The lowest BCUT2D eigenvalue weighted by atomic mass is 10.1. The molecule has 0 aliphatic rings. The van der Waals surface area contributed by atoms with Crippen LogP contribution in [0.2, 0.25) is 0 Å². The molecule has 0 amide bonds. The summed E-state index contributed by atoms with van der Waals surface area (Å²) in [7, 11) is 0. The Morgan fingerprint density at radius 2 is 1.76 bits per heavy atom. The van der Waals surface area contributed by atoms with Crippen LogP contribution in [0.4, 0.5) is 0 Å². The van der Waals surface area contributed by atoms with Gasteiger partial charge in [-0.1, -0.05) is 29.4 Å². The lowest BCUT2D eigenvalue weighted by Gasteiger charge is -2.12. The maximum absolute atomic E-state index is 8.91. The van der Waals surface area contributed by atoms with Crippen LogP contribution in [0.5, 0.6) is 11.5 Å². The van der Waals surface area contributed by atoms with Crippen molar-refractivity contribution in [3.63, 3.8) is 0 Å². The van der Waals surface area contributed by atoms with Gasteiger partial charge in [-0.2, -0.15) is 0 Å². The molecule has 0 atom stereocenters. The van der Waals surface area contributed by atoms with Crippen molar-refractivity contribution in [3.05, 3.63) is 59.7 Å². The standard InChI is InChI=1S/C17H19NO3/c1-13-8-9-16(14(2)18-19)17(12-13)21-11-10-20-15-6-4-3-5-7-15/h3-9,12,19H,10-11H2,1-2H3/b18-14-. The van der Waals surface area contributed by atoms with E-state index in [1.165, 1.54) is 0 Å². The van der Waals surface area contributed by atoms with Crippen molar-refractivity contribution in [3.8, 4) is 11.5 Å². The SMILES string of the molecule is C/C(=N/O)c1ccc(C)cc1OCCOc1ccccc1. The first kappa shape index (κ1) is 14.9. The zero-order valence-electron chi connectivity index (χ0n) is 12.2. The molecule has 0 saturated heterocycles. The number of nitrogens with zero attached hydrogens (tertiary/aromatic N) is 1. The first-order valence-corrected chi connectivity index (χ1v) is 6.81. The number of aryl methyl sites for hydroxylation is 1. The predicted octanol–water partition coefficient (Wildman–Crippen LogP) is 3.65. The summed E-state index contributed by atoms with van der Waals surface area (Å²) in [5.41, 5.74) is 2.39. The predicted molar refractivity (Wildman–Crippen MR) is 82.6 cm³/mol. The smallest absolute Gasteiger partial charge is 0.128 e. The number of ether oxygens (including phenoxy) is 2. The first-order chi connectivity index (χ1) is 10.2. The van der Waals surface area contributed by atoms with Gasteiger partial charge in [0.05, 0.1) is 5.71 Å². The summed E-state index contributed by atoms with van der Waals surface area (Å²) in [4.78, 5) is 0. The molecular weight excluding hydrogens is 266 g/mol. The number of rotatable bonds is 6. The van der Waals surface area contributed by atoms with Gasteiger partial charge in [0.2, 0.25) is 0 Å². The minimum Gasteiger partial charge on any atom is -0.490 e. The van der Waals surface area contributed by atoms with Crippen LogP contribution in [0.3, 0.4) is 0 Å². The number of benzene rings is 2. The Morgan fingerprint density at radius 3 is 2.48 bits per heavy atom. The molecular formula is C17H19NO3. The second-order valence-electron chi connectivity index (χ2n) is 4.69. The molecule has 0 spiro atoms. The molecule has 0 aliphatic carbocycles. The van der Waals surface area contributed by atoms with E-state index in [1.807, 2.05) is 55.5 Å². The van der Waals surface area contributed by atoms with Gasteiger partial charge in [-0.3, -0.25) is 0 Å². The number of oxime groups is 1. The van der Waals surface area contributed by atoms with Gasteiger partial charge >= 0.3 is 0 Å². The average molecular weight is 285 g/mol. The zero-order chi connectivity index (χ0) is 15.1. The molecule has 2 aromatic rings. The Hall–Kier alpha value is -2.49. The van der Waals surface area contributed by atoms with E-state index in [4.69, 9.17) is 14.7 Å². The second-order valence-corrected chi connectivity index (χ2v) is 4.69. The van der Waals surface area contributed by atoms with E-state index < -0.39 is 0 Å². The van der Waals surface area contributed by atoms with Gasteiger partial charge in [0.15, 0.2) is 0 Å². The summed E-state index contributed by atoms with van der Waals surface area (Å²) < 4.78 is 11.3. The van der Waals surface area contributed by atoms with Gasteiger partial charge in [0.25, 0.3) is 0 Å². The molecule has 2 rings (SSSR count). The van der Waals surface area contributed by atoms with Crippen LogP contribution >= 0.6 is 0 Å². The first-order valence-electron chi connectivity index (χ1n) is 6.81. The average Bonchev–Trinajstić information content (AvgIpc) is 2.52. The van der Waals surface area contributed by atoms with Crippen molar-refractivity contribution < 1.29 is 14.7 Å².